The number of hydrogen-bond acceptors (Lipinski definition) is 3. The summed E-state index contributed by atoms with van der Waals surface area (Å²) in [6, 6.07) is 6.87. The maximum absolute atomic E-state index is 5.81. The van der Waals surface area contributed by atoms with Gasteiger partial charge < -0.3 is 15.4 Å². The Balaban J connectivity index is 2.14. The summed E-state index contributed by atoms with van der Waals surface area (Å²) in [5, 5.41) is 6.76. The topological polar surface area (TPSA) is 33.3 Å². The molecule has 0 bridgehead atoms. The van der Waals surface area contributed by atoms with Crippen molar-refractivity contribution in [1.29, 1.82) is 0 Å². The van der Waals surface area contributed by atoms with Gasteiger partial charge in [0, 0.05) is 0 Å². The van der Waals surface area contributed by atoms with E-state index in [-0.39, 0.29) is 5.41 Å². The van der Waals surface area contributed by atoms with Gasteiger partial charge in [-0.15, -0.1) is 0 Å². The predicted octanol–water partition coefficient (Wildman–Crippen LogP) is 2.77. The SMILES string of the molecule is CNCCC1COc2ccc(C(C)(C)C)cc2N1. The molecule has 1 aromatic rings. The smallest absolute Gasteiger partial charge is 0.142 e. The fourth-order valence-corrected chi connectivity index (χ4v) is 2.16. The third kappa shape index (κ3) is 2.96. The molecule has 3 nitrogen and oxygen atoms in total. The van der Waals surface area contributed by atoms with Crippen molar-refractivity contribution in [2.75, 3.05) is 25.5 Å². The Kier molecular flexibility index (Phi) is 3.81. The zero-order valence-corrected chi connectivity index (χ0v) is 11.8. The van der Waals surface area contributed by atoms with E-state index in [1.807, 2.05) is 7.05 Å². The molecule has 2 N–H and O–H groups in total. The van der Waals surface area contributed by atoms with Gasteiger partial charge in [-0.2, -0.15) is 0 Å². The van der Waals surface area contributed by atoms with Crippen LogP contribution in [-0.2, 0) is 5.41 Å². The second-order valence-corrected chi connectivity index (χ2v) is 6.01. The fourth-order valence-electron chi connectivity index (χ4n) is 2.16. The largest absolute Gasteiger partial charge is 0.489 e. The van der Waals surface area contributed by atoms with Gasteiger partial charge in [-0.25, -0.2) is 0 Å². The molecule has 1 unspecified atom stereocenters. The normalized spacial score (nSPS) is 18.8. The van der Waals surface area contributed by atoms with Crippen LogP contribution in [0.25, 0.3) is 0 Å². The third-order valence-corrected chi connectivity index (χ3v) is 3.39. The van der Waals surface area contributed by atoms with E-state index in [9.17, 15) is 0 Å². The summed E-state index contributed by atoms with van der Waals surface area (Å²) in [5.74, 6) is 0.976. The van der Waals surface area contributed by atoms with Gasteiger partial charge in [0.05, 0.1) is 11.7 Å². The van der Waals surface area contributed by atoms with E-state index in [0.29, 0.717) is 6.04 Å². The predicted molar refractivity (Wildman–Crippen MR) is 76.6 cm³/mol. The van der Waals surface area contributed by atoms with E-state index in [0.717, 1.165) is 31.0 Å². The van der Waals surface area contributed by atoms with Crippen LogP contribution in [0.2, 0.25) is 0 Å². The van der Waals surface area contributed by atoms with Gasteiger partial charge in [0.2, 0.25) is 0 Å². The molecule has 0 saturated heterocycles. The van der Waals surface area contributed by atoms with Gasteiger partial charge in [-0.1, -0.05) is 26.8 Å². The first-order chi connectivity index (χ1) is 8.50. The van der Waals surface area contributed by atoms with Crippen molar-refractivity contribution >= 4 is 5.69 Å². The highest BCUT2D eigenvalue weighted by atomic mass is 16.5. The Morgan fingerprint density at radius 3 is 2.83 bits per heavy atom. The molecular weight excluding hydrogens is 224 g/mol. The first-order valence-electron chi connectivity index (χ1n) is 6.69. The van der Waals surface area contributed by atoms with Crippen molar-refractivity contribution < 1.29 is 4.74 Å². The van der Waals surface area contributed by atoms with Gasteiger partial charge in [0.1, 0.15) is 12.4 Å². The summed E-state index contributed by atoms with van der Waals surface area (Å²) in [4.78, 5) is 0. The van der Waals surface area contributed by atoms with Crippen molar-refractivity contribution in [2.45, 2.75) is 38.6 Å². The van der Waals surface area contributed by atoms with Crippen LogP contribution in [0, 0.1) is 0 Å². The minimum atomic E-state index is 0.175. The van der Waals surface area contributed by atoms with Gasteiger partial charge in [0.25, 0.3) is 0 Å². The second-order valence-electron chi connectivity index (χ2n) is 6.01. The quantitative estimate of drug-likeness (QED) is 0.863. The molecule has 0 aliphatic carbocycles. The molecule has 18 heavy (non-hydrogen) atoms. The van der Waals surface area contributed by atoms with Crippen LogP contribution in [0.15, 0.2) is 18.2 Å². The van der Waals surface area contributed by atoms with Crippen LogP contribution in [0.4, 0.5) is 5.69 Å². The summed E-state index contributed by atoms with van der Waals surface area (Å²) < 4.78 is 5.81. The molecule has 0 fully saturated rings. The molecule has 1 heterocycles. The van der Waals surface area contributed by atoms with E-state index < -0.39 is 0 Å². The van der Waals surface area contributed by atoms with Crippen molar-refractivity contribution in [1.82, 2.24) is 5.32 Å². The monoisotopic (exact) mass is 248 g/mol. The van der Waals surface area contributed by atoms with Crippen LogP contribution >= 0.6 is 0 Å². The molecule has 100 valence electrons. The maximum atomic E-state index is 5.81. The lowest BCUT2D eigenvalue weighted by atomic mass is 9.86. The van der Waals surface area contributed by atoms with Crippen LogP contribution in [0.3, 0.4) is 0 Å². The van der Waals surface area contributed by atoms with Crippen molar-refractivity contribution in [3.8, 4) is 5.75 Å². The highest BCUT2D eigenvalue weighted by molar-refractivity contribution is 5.60. The second kappa shape index (κ2) is 5.19. The molecule has 0 spiro atoms. The Morgan fingerprint density at radius 2 is 2.17 bits per heavy atom. The lowest BCUT2D eigenvalue weighted by molar-refractivity contribution is 0.278. The minimum Gasteiger partial charge on any atom is -0.489 e. The number of benzene rings is 1. The molecule has 1 aromatic carbocycles. The molecule has 2 rings (SSSR count). The Bertz CT molecular complexity index is 409. The van der Waals surface area contributed by atoms with Gasteiger partial charge in [-0.3, -0.25) is 0 Å². The number of nitrogens with one attached hydrogen (secondary N) is 2. The standard InChI is InChI=1S/C15H24N2O/c1-15(2,3)11-5-6-14-13(9-11)17-12(10-18-14)7-8-16-4/h5-6,9,12,16-17H,7-8,10H2,1-4H3. The summed E-state index contributed by atoms with van der Waals surface area (Å²) >= 11 is 0. The van der Waals surface area contributed by atoms with Crippen LogP contribution in [0.1, 0.15) is 32.8 Å². The summed E-state index contributed by atoms with van der Waals surface area (Å²) in [6.45, 7) is 8.46. The number of fused-ring (bicyclic) bond motifs is 1. The summed E-state index contributed by atoms with van der Waals surface area (Å²) in [6.07, 6.45) is 1.08. The van der Waals surface area contributed by atoms with Gasteiger partial charge in [0.15, 0.2) is 0 Å². The third-order valence-electron chi connectivity index (χ3n) is 3.39. The van der Waals surface area contributed by atoms with Crippen LogP contribution in [-0.4, -0.2) is 26.2 Å². The van der Waals surface area contributed by atoms with E-state index >= 15 is 0 Å². The fraction of sp³-hybridized carbons (Fsp3) is 0.600. The Labute approximate surface area is 110 Å². The molecule has 0 radical (unpaired) electrons. The first-order valence-corrected chi connectivity index (χ1v) is 6.69. The zero-order valence-electron chi connectivity index (χ0n) is 11.8. The maximum Gasteiger partial charge on any atom is 0.142 e. The minimum absolute atomic E-state index is 0.175. The molecule has 0 aromatic heterocycles. The van der Waals surface area contributed by atoms with Crippen LogP contribution in [0.5, 0.6) is 5.75 Å². The van der Waals surface area contributed by atoms with E-state index in [2.05, 4.69) is 49.6 Å². The molecule has 0 saturated carbocycles. The molecule has 1 aliphatic heterocycles. The highest BCUT2D eigenvalue weighted by Gasteiger charge is 2.21. The average Bonchev–Trinajstić information content (AvgIpc) is 2.34. The van der Waals surface area contributed by atoms with Crippen molar-refractivity contribution in [3.63, 3.8) is 0 Å². The zero-order chi connectivity index (χ0) is 13.2. The lowest BCUT2D eigenvalue weighted by Gasteiger charge is -2.29. The summed E-state index contributed by atoms with van der Waals surface area (Å²) in [5.41, 5.74) is 2.65. The number of ether oxygens (including phenoxy) is 1. The van der Waals surface area contributed by atoms with Gasteiger partial charge >= 0.3 is 0 Å². The molecule has 3 heteroatoms. The average molecular weight is 248 g/mol. The Morgan fingerprint density at radius 1 is 1.39 bits per heavy atom. The van der Waals surface area contributed by atoms with Gasteiger partial charge in [-0.05, 0) is 43.1 Å². The molecular formula is C15H24N2O. The van der Waals surface area contributed by atoms with Crippen molar-refractivity contribution in [2.24, 2.45) is 0 Å². The first kappa shape index (κ1) is 13.2. The molecule has 0 amide bonds. The highest BCUT2D eigenvalue weighted by Crippen LogP contribution is 2.34. The van der Waals surface area contributed by atoms with E-state index in [1.54, 1.807) is 0 Å². The van der Waals surface area contributed by atoms with Crippen molar-refractivity contribution in [3.05, 3.63) is 23.8 Å². The lowest BCUT2D eigenvalue weighted by Crippen LogP contribution is -2.34. The van der Waals surface area contributed by atoms with E-state index in [1.165, 1.54) is 5.56 Å². The van der Waals surface area contributed by atoms with E-state index in [4.69, 9.17) is 4.74 Å². The van der Waals surface area contributed by atoms with Crippen LogP contribution < -0.4 is 15.4 Å². The molecule has 1 atom stereocenters. The Hall–Kier alpha value is -1.22. The number of hydrogen-bond donors (Lipinski definition) is 2. The summed E-state index contributed by atoms with van der Waals surface area (Å²) in [7, 11) is 1.98. The molecule has 1 aliphatic rings. The number of anilines is 1. The number of rotatable bonds is 3.